The van der Waals surface area contributed by atoms with Gasteiger partial charge in [0.05, 0.1) is 15.7 Å². The van der Waals surface area contributed by atoms with E-state index in [1.807, 2.05) is 46.4 Å². The molecule has 1 heterocycles. The van der Waals surface area contributed by atoms with Crippen molar-refractivity contribution in [1.29, 1.82) is 0 Å². The fourth-order valence-electron chi connectivity index (χ4n) is 3.07. The van der Waals surface area contributed by atoms with Crippen LogP contribution in [0.5, 0.6) is 0 Å². The van der Waals surface area contributed by atoms with Gasteiger partial charge in [-0.1, -0.05) is 13.3 Å². The second-order valence-electron chi connectivity index (χ2n) is 8.83. The van der Waals surface area contributed by atoms with Gasteiger partial charge in [0, 0.05) is 19.1 Å². The third-order valence-corrected chi connectivity index (χ3v) is 6.16. The van der Waals surface area contributed by atoms with Crippen molar-refractivity contribution in [2.75, 3.05) is 13.1 Å². The van der Waals surface area contributed by atoms with Gasteiger partial charge in [0.15, 0.2) is 0 Å². The molecule has 1 rings (SSSR count). The Morgan fingerprint density at radius 3 is 2.33 bits per heavy atom. The Morgan fingerprint density at radius 2 is 1.88 bits per heavy atom. The predicted molar refractivity (Wildman–Crippen MR) is 100 cm³/mol. The van der Waals surface area contributed by atoms with Crippen LogP contribution < -0.4 is 4.72 Å². The number of hydrogen-bond acceptors (Lipinski definition) is 3. The van der Waals surface area contributed by atoms with E-state index in [4.69, 9.17) is 4.74 Å². The van der Waals surface area contributed by atoms with Gasteiger partial charge < -0.3 is 9.64 Å². The summed E-state index contributed by atoms with van der Waals surface area (Å²) in [6, 6.07) is 0.163. The van der Waals surface area contributed by atoms with Crippen LogP contribution in [0, 0.1) is 11.8 Å². The number of nitrogens with zero attached hydrogens (tertiary/aromatic N) is 1. The molecule has 4 atom stereocenters. The quantitative estimate of drug-likeness (QED) is 0.831. The van der Waals surface area contributed by atoms with Crippen LogP contribution in [-0.4, -0.2) is 44.7 Å². The first-order valence-electron chi connectivity index (χ1n) is 9.01. The van der Waals surface area contributed by atoms with E-state index < -0.39 is 16.6 Å². The maximum Gasteiger partial charge on any atom is 0.410 e. The fraction of sp³-hybridized carbons (Fsp3) is 0.944. The Hall–Kier alpha value is -0.620. The molecule has 0 unspecified atom stereocenters. The predicted octanol–water partition coefficient (Wildman–Crippen LogP) is 3.71. The number of carbonyl (C=O) groups is 1. The Balaban J connectivity index is 2.68. The maximum atomic E-state index is 12.4. The van der Waals surface area contributed by atoms with Crippen molar-refractivity contribution in [2.45, 2.75) is 84.6 Å². The highest BCUT2D eigenvalue weighted by Crippen LogP contribution is 2.30. The van der Waals surface area contributed by atoms with Crippen LogP contribution in [0.15, 0.2) is 0 Å². The van der Waals surface area contributed by atoms with Crippen LogP contribution in [0.25, 0.3) is 0 Å². The lowest BCUT2D eigenvalue weighted by atomic mass is 9.80. The average Bonchev–Trinajstić information content (AvgIpc) is 2.43. The molecule has 1 saturated heterocycles. The maximum absolute atomic E-state index is 12.4. The first-order valence-corrected chi connectivity index (χ1v) is 10.2. The zero-order valence-electron chi connectivity index (χ0n) is 16.6. The standard InChI is InChI=1S/C18H36N2O3S/c1-9-14-12-20(16(21)23-17(3,4)5)11-10-15(14)13(2)19-24(22)18(6,7)8/h13-15,19H,9-12H2,1-8H3/t13-,14+,15+,24+/m0/s1. The fourth-order valence-corrected chi connectivity index (χ4v) is 3.93. The van der Waals surface area contributed by atoms with E-state index in [0.29, 0.717) is 24.9 Å². The van der Waals surface area contributed by atoms with Crippen LogP contribution in [-0.2, 0) is 15.7 Å². The van der Waals surface area contributed by atoms with Crippen LogP contribution >= 0.6 is 0 Å². The lowest BCUT2D eigenvalue weighted by molar-refractivity contribution is 0.00781. The normalized spacial score (nSPS) is 25.2. The molecule has 0 aromatic rings. The van der Waals surface area contributed by atoms with Crippen molar-refractivity contribution in [2.24, 2.45) is 11.8 Å². The molecular weight excluding hydrogens is 324 g/mol. The van der Waals surface area contributed by atoms with Crippen LogP contribution in [0.2, 0.25) is 0 Å². The summed E-state index contributed by atoms with van der Waals surface area (Å²) in [5.41, 5.74) is -0.464. The van der Waals surface area contributed by atoms with Crippen LogP contribution in [0.3, 0.4) is 0 Å². The molecule has 5 nitrogen and oxygen atoms in total. The van der Waals surface area contributed by atoms with Gasteiger partial charge in [-0.25, -0.2) is 13.7 Å². The second-order valence-corrected chi connectivity index (χ2v) is 10.8. The number of hydrogen-bond donors (Lipinski definition) is 1. The summed E-state index contributed by atoms with van der Waals surface area (Å²) in [5.74, 6) is 0.811. The number of likely N-dealkylation sites (tertiary alicyclic amines) is 1. The summed E-state index contributed by atoms with van der Waals surface area (Å²) < 4.78 is 20.9. The minimum absolute atomic E-state index is 0.163. The third-order valence-electron chi connectivity index (χ3n) is 4.46. The van der Waals surface area contributed by atoms with E-state index in [1.165, 1.54) is 0 Å². The molecule has 1 aliphatic rings. The number of piperidine rings is 1. The Labute approximate surface area is 150 Å². The lowest BCUT2D eigenvalue weighted by Gasteiger charge is -2.41. The van der Waals surface area contributed by atoms with Crippen molar-refractivity contribution >= 4 is 17.1 Å². The van der Waals surface area contributed by atoms with Gasteiger partial charge >= 0.3 is 6.09 Å². The molecule has 0 saturated carbocycles. The summed E-state index contributed by atoms with van der Waals surface area (Å²) in [4.78, 5) is 14.1. The second kappa shape index (κ2) is 8.17. The number of ether oxygens (including phenoxy) is 1. The minimum atomic E-state index is -1.07. The van der Waals surface area contributed by atoms with E-state index in [0.717, 1.165) is 12.8 Å². The van der Waals surface area contributed by atoms with Gasteiger partial charge in [0.25, 0.3) is 0 Å². The molecule has 0 aromatic heterocycles. The lowest BCUT2D eigenvalue weighted by Crippen LogP contribution is -2.51. The zero-order chi connectivity index (χ0) is 18.7. The van der Waals surface area contributed by atoms with Crippen LogP contribution in [0.1, 0.15) is 68.2 Å². The van der Waals surface area contributed by atoms with Gasteiger partial charge in [-0.3, -0.25) is 0 Å². The minimum Gasteiger partial charge on any atom is -0.444 e. The average molecular weight is 361 g/mol. The number of nitrogens with one attached hydrogen (secondary N) is 1. The summed E-state index contributed by atoms with van der Waals surface area (Å²) in [6.45, 7) is 17.3. The largest absolute Gasteiger partial charge is 0.444 e. The van der Waals surface area contributed by atoms with Gasteiger partial charge in [-0.2, -0.15) is 0 Å². The molecule has 1 fully saturated rings. The van der Waals surface area contributed by atoms with Crippen molar-refractivity contribution in [3.63, 3.8) is 0 Å². The topological polar surface area (TPSA) is 58.6 Å². The molecule has 1 amide bonds. The molecule has 0 aromatic carbocycles. The molecular formula is C18H36N2O3S. The van der Waals surface area contributed by atoms with Crippen LogP contribution in [0.4, 0.5) is 4.79 Å². The van der Waals surface area contributed by atoms with E-state index in [-0.39, 0.29) is 16.9 Å². The van der Waals surface area contributed by atoms with Gasteiger partial charge in [0.2, 0.25) is 0 Å². The summed E-state index contributed by atoms with van der Waals surface area (Å²) in [6.07, 6.45) is 1.68. The molecule has 6 heteroatoms. The van der Waals surface area contributed by atoms with E-state index in [9.17, 15) is 9.00 Å². The van der Waals surface area contributed by atoms with Gasteiger partial charge in [-0.05, 0) is 66.7 Å². The monoisotopic (exact) mass is 360 g/mol. The summed E-state index contributed by atoms with van der Waals surface area (Å²) in [5, 5.41) is 0. The Bertz CT molecular complexity index is 454. The molecule has 1 N–H and O–H groups in total. The molecule has 1 aliphatic heterocycles. The first-order chi connectivity index (χ1) is 10.8. The van der Waals surface area contributed by atoms with E-state index in [1.54, 1.807) is 0 Å². The molecule has 0 aliphatic carbocycles. The zero-order valence-corrected chi connectivity index (χ0v) is 17.5. The Kier molecular flexibility index (Phi) is 7.29. The van der Waals surface area contributed by atoms with Crippen molar-refractivity contribution in [3.8, 4) is 0 Å². The van der Waals surface area contributed by atoms with E-state index in [2.05, 4.69) is 18.6 Å². The molecule has 24 heavy (non-hydrogen) atoms. The highest BCUT2D eigenvalue weighted by molar-refractivity contribution is 7.84. The van der Waals surface area contributed by atoms with Crippen molar-refractivity contribution in [3.05, 3.63) is 0 Å². The summed E-state index contributed by atoms with van der Waals surface area (Å²) >= 11 is 0. The van der Waals surface area contributed by atoms with E-state index >= 15 is 0 Å². The number of amides is 1. The summed E-state index contributed by atoms with van der Waals surface area (Å²) in [7, 11) is -1.07. The number of rotatable bonds is 4. The highest BCUT2D eigenvalue weighted by atomic mass is 32.2. The number of carbonyl (C=O) groups excluding carboxylic acids is 1. The Morgan fingerprint density at radius 1 is 1.29 bits per heavy atom. The van der Waals surface area contributed by atoms with Gasteiger partial charge in [0.1, 0.15) is 5.60 Å². The van der Waals surface area contributed by atoms with Crippen molar-refractivity contribution in [1.82, 2.24) is 9.62 Å². The smallest absolute Gasteiger partial charge is 0.410 e. The van der Waals surface area contributed by atoms with Crippen molar-refractivity contribution < 1.29 is 13.7 Å². The SMILES string of the molecule is CC[C@@H]1CN(C(=O)OC(C)(C)C)CC[C@@H]1[C@H](C)N[S@](=O)C(C)(C)C. The molecule has 0 spiro atoms. The first kappa shape index (κ1) is 21.4. The molecule has 0 bridgehead atoms. The molecule has 0 radical (unpaired) electrons. The van der Waals surface area contributed by atoms with Gasteiger partial charge in [-0.15, -0.1) is 0 Å². The molecule has 142 valence electrons. The third kappa shape index (κ3) is 6.36. The highest BCUT2D eigenvalue weighted by Gasteiger charge is 2.36.